The summed E-state index contributed by atoms with van der Waals surface area (Å²) in [4.78, 5) is 9.66. The predicted octanol–water partition coefficient (Wildman–Crippen LogP) is 2.54. The number of rotatable bonds is 7. The van der Waals surface area contributed by atoms with Gasteiger partial charge in [-0.2, -0.15) is 0 Å². The van der Waals surface area contributed by atoms with E-state index in [0.717, 1.165) is 25.0 Å². The summed E-state index contributed by atoms with van der Waals surface area (Å²) in [6.45, 7) is 15.2. The molecular weight excluding hydrogens is 310 g/mol. The molecule has 0 atom stereocenters. The minimum atomic E-state index is 0.184. The first-order valence-electron chi connectivity index (χ1n) is 10.5. The van der Waals surface area contributed by atoms with Crippen molar-refractivity contribution in [2.24, 2.45) is 10.9 Å². The monoisotopic (exact) mass is 351 g/mol. The maximum Gasteiger partial charge on any atom is 0.191 e. The lowest BCUT2D eigenvalue weighted by molar-refractivity contribution is 0.0982. The smallest absolute Gasteiger partial charge is 0.191 e. The van der Waals surface area contributed by atoms with Crippen LogP contribution in [0.1, 0.15) is 59.3 Å². The van der Waals surface area contributed by atoms with Crippen molar-refractivity contribution in [3.05, 3.63) is 0 Å². The lowest BCUT2D eigenvalue weighted by atomic mass is 9.96. The van der Waals surface area contributed by atoms with E-state index < -0.39 is 0 Å². The van der Waals surface area contributed by atoms with Gasteiger partial charge in [-0.15, -0.1) is 0 Å². The topological polar surface area (TPSA) is 42.9 Å². The molecule has 2 fully saturated rings. The minimum absolute atomic E-state index is 0.184. The van der Waals surface area contributed by atoms with Gasteiger partial charge >= 0.3 is 0 Å². The molecule has 146 valence electrons. The van der Waals surface area contributed by atoms with Crippen LogP contribution in [0, 0.1) is 5.92 Å². The second-order valence-corrected chi connectivity index (χ2v) is 8.45. The SMILES string of the molecule is CCCN1CCC(CNC(=NC)NCC(C)(C)N2CCCCC2)CC1. The highest BCUT2D eigenvalue weighted by molar-refractivity contribution is 5.79. The summed E-state index contributed by atoms with van der Waals surface area (Å²) in [5, 5.41) is 7.13. The fourth-order valence-electron chi connectivity index (χ4n) is 4.10. The zero-order chi connectivity index (χ0) is 18.1. The van der Waals surface area contributed by atoms with Crippen molar-refractivity contribution in [1.29, 1.82) is 0 Å². The lowest BCUT2D eigenvalue weighted by Crippen LogP contribution is -2.55. The molecule has 0 aromatic carbocycles. The molecule has 0 spiro atoms. The van der Waals surface area contributed by atoms with Crippen LogP contribution < -0.4 is 10.6 Å². The first-order chi connectivity index (χ1) is 12.0. The third-order valence-electron chi connectivity index (χ3n) is 5.93. The van der Waals surface area contributed by atoms with E-state index in [1.807, 2.05) is 7.05 Å². The molecule has 2 N–H and O–H groups in total. The van der Waals surface area contributed by atoms with Gasteiger partial charge in [-0.25, -0.2) is 0 Å². The maximum atomic E-state index is 4.43. The van der Waals surface area contributed by atoms with Crippen molar-refractivity contribution in [3.63, 3.8) is 0 Å². The van der Waals surface area contributed by atoms with Crippen LogP contribution in [-0.2, 0) is 0 Å². The number of likely N-dealkylation sites (tertiary alicyclic amines) is 2. The Hall–Kier alpha value is -0.810. The van der Waals surface area contributed by atoms with Gasteiger partial charge in [-0.1, -0.05) is 13.3 Å². The molecule has 2 saturated heterocycles. The first-order valence-corrected chi connectivity index (χ1v) is 10.5. The van der Waals surface area contributed by atoms with Crippen molar-refractivity contribution in [2.75, 3.05) is 52.9 Å². The van der Waals surface area contributed by atoms with Crippen LogP contribution in [0.4, 0.5) is 0 Å². The number of aliphatic imine (C=N–C) groups is 1. The number of nitrogens with zero attached hydrogens (tertiary/aromatic N) is 3. The largest absolute Gasteiger partial charge is 0.356 e. The molecule has 0 saturated carbocycles. The van der Waals surface area contributed by atoms with E-state index in [4.69, 9.17) is 0 Å². The summed E-state index contributed by atoms with van der Waals surface area (Å²) in [6.07, 6.45) is 7.96. The Bertz CT molecular complexity index is 393. The van der Waals surface area contributed by atoms with E-state index in [-0.39, 0.29) is 5.54 Å². The molecule has 0 aliphatic carbocycles. The Morgan fingerprint density at radius 2 is 1.72 bits per heavy atom. The number of hydrogen-bond donors (Lipinski definition) is 2. The second kappa shape index (κ2) is 10.4. The second-order valence-electron chi connectivity index (χ2n) is 8.45. The molecular formula is C20H41N5. The fraction of sp³-hybridized carbons (Fsp3) is 0.950. The van der Waals surface area contributed by atoms with E-state index >= 15 is 0 Å². The summed E-state index contributed by atoms with van der Waals surface area (Å²) >= 11 is 0. The van der Waals surface area contributed by atoms with Gasteiger partial charge in [-0.3, -0.25) is 9.89 Å². The van der Waals surface area contributed by atoms with Crippen LogP contribution >= 0.6 is 0 Å². The molecule has 0 amide bonds. The summed E-state index contributed by atoms with van der Waals surface area (Å²) in [7, 11) is 1.88. The van der Waals surface area contributed by atoms with Gasteiger partial charge in [0.25, 0.3) is 0 Å². The molecule has 2 heterocycles. The fourth-order valence-corrected chi connectivity index (χ4v) is 4.10. The van der Waals surface area contributed by atoms with Crippen LogP contribution in [0.15, 0.2) is 4.99 Å². The minimum Gasteiger partial charge on any atom is -0.356 e. The molecule has 0 radical (unpaired) electrons. The Labute approximate surface area is 155 Å². The summed E-state index contributed by atoms with van der Waals surface area (Å²) in [5.41, 5.74) is 0.184. The van der Waals surface area contributed by atoms with Crippen molar-refractivity contribution in [2.45, 2.75) is 64.8 Å². The highest BCUT2D eigenvalue weighted by Gasteiger charge is 2.28. The van der Waals surface area contributed by atoms with Crippen molar-refractivity contribution >= 4 is 5.96 Å². The van der Waals surface area contributed by atoms with Gasteiger partial charge in [0, 0.05) is 25.7 Å². The predicted molar refractivity (Wildman–Crippen MR) is 108 cm³/mol. The van der Waals surface area contributed by atoms with E-state index in [1.54, 1.807) is 0 Å². The highest BCUT2D eigenvalue weighted by atomic mass is 15.2. The Balaban J connectivity index is 1.68. The quantitative estimate of drug-likeness (QED) is 0.546. The zero-order valence-electron chi connectivity index (χ0n) is 17.1. The number of hydrogen-bond acceptors (Lipinski definition) is 3. The molecule has 2 rings (SSSR count). The van der Waals surface area contributed by atoms with Gasteiger partial charge in [0.05, 0.1) is 0 Å². The Kier molecular flexibility index (Phi) is 8.50. The number of piperidine rings is 2. The van der Waals surface area contributed by atoms with E-state index in [1.165, 1.54) is 71.2 Å². The van der Waals surface area contributed by atoms with E-state index in [9.17, 15) is 0 Å². The summed E-state index contributed by atoms with van der Waals surface area (Å²) < 4.78 is 0. The van der Waals surface area contributed by atoms with Gasteiger partial charge in [0.15, 0.2) is 5.96 Å². The standard InChI is InChI=1S/C20H41N5/c1-5-11-24-14-9-18(10-15-24)16-22-19(21-4)23-17-20(2,3)25-12-7-6-8-13-25/h18H,5-17H2,1-4H3,(H2,21,22,23). The third kappa shape index (κ3) is 6.78. The lowest BCUT2D eigenvalue weighted by Gasteiger charge is -2.41. The van der Waals surface area contributed by atoms with Gasteiger partial charge < -0.3 is 15.5 Å². The summed E-state index contributed by atoms with van der Waals surface area (Å²) in [5.74, 6) is 1.74. The van der Waals surface area contributed by atoms with Crippen LogP contribution in [0.2, 0.25) is 0 Å². The normalized spacial score (nSPS) is 22.2. The van der Waals surface area contributed by atoms with Gasteiger partial charge in [0.2, 0.25) is 0 Å². The van der Waals surface area contributed by atoms with E-state index in [0.29, 0.717) is 0 Å². The molecule has 0 aromatic heterocycles. The molecule has 0 aromatic rings. The van der Waals surface area contributed by atoms with Gasteiger partial charge in [-0.05, 0) is 84.6 Å². The average Bonchev–Trinajstić information content (AvgIpc) is 2.64. The number of guanidine groups is 1. The van der Waals surface area contributed by atoms with Crippen molar-refractivity contribution < 1.29 is 0 Å². The van der Waals surface area contributed by atoms with Crippen LogP contribution in [0.3, 0.4) is 0 Å². The maximum absolute atomic E-state index is 4.43. The summed E-state index contributed by atoms with van der Waals surface area (Å²) in [6, 6.07) is 0. The Morgan fingerprint density at radius 3 is 2.32 bits per heavy atom. The van der Waals surface area contributed by atoms with Crippen molar-refractivity contribution in [1.82, 2.24) is 20.4 Å². The molecule has 2 aliphatic rings. The average molecular weight is 352 g/mol. The molecule has 0 unspecified atom stereocenters. The molecule has 5 nitrogen and oxygen atoms in total. The Morgan fingerprint density at radius 1 is 1.04 bits per heavy atom. The third-order valence-corrected chi connectivity index (χ3v) is 5.93. The molecule has 5 heteroatoms. The van der Waals surface area contributed by atoms with E-state index in [2.05, 4.69) is 46.2 Å². The molecule has 25 heavy (non-hydrogen) atoms. The van der Waals surface area contributed by atoms with Crippen LogP contribution in [0.25, 0.3) is 0 Å². The van der Waals surface area contributed by atoms with Crippen LogP contribution in [-0.4, -0.2) is 74.2 Å². The number of nitrogens with one attached hydrogen (secondary N) is 2. The van der Waals surface area contributed by atoms with Gasteiger partial charge in [0.1, 0.15) is 0 Å². The molecule has 2 aliphatic heterocycles. The zero-order valence-corrected chi connectivity index (χ0v) is 17.1. The van der Waals surface area contributed by atoms with Crippen LogP contribution in [0.5, 0.6) is 0 Å². The first kappa shape index (κ1) is 20.5. The van der Waals surface area contributed by atoms with Crippen molar-refractivity contribution in [3.8, 4) is 0 Å². The highest BCUT2D eigenvalue weighted by Crippen LogP contribution is 2.20. The molecule has 0 bridgehead atoms.